The maximum atomic E-state index is 2.61. The molecule has 0 heterocycles. The fourth-order valence-corrected chi connectivity index (χ4v) is 5.87. The van der Waals surface area contributed by atoms with Gasteiger partial charge >= 0.3 is 0 Å². The molecule has 0 aliphatic heterocycles. The third-order valence-corrected chi connectivity index (χ3v) is 7.43. The molecule has 0 nitrogen and oxygen atoms in total. The van der Waals surface area contributed by atoms with Gasteiger partial charge in [0.2, 0.25) is 0 Å². The highest BCUT2D eigenvalue weighted by Gasteiger charge is 2.60. The summed E-state index contributed by atoms with van der Waals surface area (Å²) < 4.78 is 0. The van der Waals surface area contributed by atoms with Gasteiger partial charge in [0.15, 0.2) is 0 Å². The van der Waals surface area contributed by atoms with Crippen LogP contribution in [0.15, 0.2) is 0 Å². The molecule has 2 fully saturated rings. The molecule has 0 amide bonds. The zero-order chi connectivity index (χ0) is 15.5. The van der Waals surface area contributed by atoms with Crippen molar-refractivity contribution in [1.82, 2.24) is 0 Å². The molecule has 0 aromatic rings. The fourth-order valence-electron chi connectivity index (χ4n) is 5.87. The Kier molecular flexibility index (Phi) is 3.89. The van der Waals surface area contributed by atoms with E-state index in [4.69, 9.17) is 0 Å². The summed E-state index contributed by atoms with van der Waals surface area (Å²) in [5.41, 5.74) is 1.65. The van der Waals surface area contributed by atoms with Crippen molar-refractivity contribution in [1.29, 1.82) is 0 Å². The minimum Gasteiger partial charge on any atom is -0.0625 e. The van der Waals surface area contributed by atoms with E-state index in [0.717, 1.165) is 29.6 Å². The molecule has 5 unspecified atom stereocenters. The summed E-state index contributed by atoms with van der Waals surface area (Å²) in [6.45, 7) is 22.4. The van der Waals surface area contributed by atoms with Crippen LogP contribution in [0, 0.1) is 45.8 Å². The van der Waals surface area contributed by atoms with E-state index >= 15 is 0 Å². The van der Waals surface area contributed by atoms with Crippen molar-refractivity contribution in [3.8, 4) is 0 Å². The van der Waals surface area contributed by atoms with Gasteiger partial charge in [0.05, 0.1) is 0 Å². The highest BCUT2D eigenvalue weighted by atomic mass is 14.6. The summed E-state index contributed by atoms with van der Waals surface area (Å²) in [4.78, 5) is 0. The van der Waals surface area contributed by atoms with Crippen LogP contribution in [-0.4, -0.2) is 0 Å². The molecule has 0 heteroatoms. The second-order valence-corrected chi connectivity index (χ2v) is 10.4. The van der Waals surface area contributed by atoms with Crippen LogP contribution < -0.4 is 0 Å². The maximum absolute atomic E-state index is 2.61. The lowest BCUT2D eigenvalue weighted by Crippen LogP contribution is -2.59. The molecule has 2 aliphatic carbocycles. The summed E-state index contributed by atoms with van der Waals surface area (Å²) in [5.74, 6) is 4.49. The molecular weight excluding hydrogens is 240 g/mol. The number of hydrogen-bond acceptors (Lipinski definition) is 0. The molecule has 20 heavy (non-hydrogen) atoms. The van der Waals surface area contributed by atoms with E-state index in [9.17, 15) is 0 Å². The third kappa shape index (κ3) is 2.35. The molecule has 0 aromatic carbocycles. The standard InChI is InChI=1S/C20H38/c1-13(2)17(15-10-11-19(15,7)8)20(9)12-16(14(20)3)18(4,5)6/h13-17H,10-12H2,1-9H3. The second kappa shape index (κ2) is 4.75. The van der Waals surface area contributed by atoms with Gasteiger partial charge in [0.25, 0.3) is 0 Å². The van der Waals surface area contributed by atoms with E-state index in [1.807, 2.05) is 0 Å². The molecule has 118 valence electrons. The largest absolute Gasteiger partial charge is 0.0625 e. The van der Waals surface area contributed by atoms with Crippen LogP contribution in [0.3, 0.4) is 0 Å². The minimum atomic E-state index is 0.482. The molecule has 0 radical (unpaired) electrons. The first-order chi connectivity index (χ1) is 8.91. The lowest BCUT2D eigenvalue weighted by molar-refractivity contribution is -0.171. The molecule has 2 saturated carbocycles. The first kappa shape index (κ1) is 16.4. The van der Waals surface area contributed by atoms with Gasteiger partial charge in [-0.1, -0.05) is 62.3 Å². The van der Waals surface area contributed by atoms with Crippen LogP contribution in [0.4, 0.5) is 0 Å². The summed E-state index contributed by atoms with van der Waals surface area (Å²) in [7, 11) is 0. The average molecular weight is 279 g/mol. The Bertz CT molecular complexity index is 357. The van der Waals surface area contributed by atoms with Crippen molar-refractivity contribution in [2.45, 2.75) is 81.6 Å². The van der Waals surface area contributed by atoms with Crippen LogP contribution in [-0.2, 0) is 0 Å². The van der Waals surface area contributed by atoms with Crippen molar-refractivity contribution in [2.24, 2.45) is 45.8 Å². The van der Waals surface area contributed by atoms with E-state index in [-0.39, 0.29) is 0 Å². The maximum Gasteiger partial charge on any atom is -0.0261 e. The molecular formula is C20H38. The van der Waals surface area contributed by atoms with Gasteiger partial charge in [0, 0.05) is 0 Å². The summed E-state index contributed by atoms with van der Waals surface area (Å²) in [6.07, 6.45) is 4.36. The van der Waals surface area contributed by atoms with Gasteiger partial charge in [-0.25, -0.2) is 0 Å². The zero-order valence-corrected chi connectivity index (χ0v) is 15.5. The Morgan fingerprint density at radius 3 is 1.85 bits per heavy atom. The van der Waals surface area contributed by atoms with Gasteiger partial charge in [0.1, 0.15) is 0 Å². The van der Waals surface area contributed by atoms with Crippen LogP contribution in [0.5, 0.6) is 0 Å². The van der Waals surface area contributed by atoms with E-state index in [1.54, 1.807) is 0 Å². The second-order valence-electron chi connectivity index (χ2n) is 10.4. The number of hydrogen-bond donors (Lipinski definition) is 0. The lowest BCUT2D eigenvalue weighted by atomic mass is 9.39. The van der Waals surface area contributed by atoms with E-state index in [0.29, 0.717) is 16.2 Å². The Hall–Kier alpha value is 0. The van der Waals surface area contributed by atoms with Crippen molar-refractivity contribution >= 4 is 0 Å². The van der Waals surface area contributed by atoms with Crippen LogP contribution >= 0.6 is 0 Å². The quantitative estimate of drug-likeness (QED) is 0.560. The zero-order valence-electron chi connectivity index (χ0n) is 15.5. The highest BCUT2D eigenvalue weighted by molar-refractivity contribution is 5.08. The molecule has 0 N–H and O–H groups in total. The van der Waals surface area contributed by atoms with E-state index in [2.05, 4.69) is 62.3 Å². The third-order valence-electron chi connectivity index (χ3n) is 7.43. The predicted octanol–water partition coefficient (Wildman–Crippen LogP) is 6.40. The smallest absolute Gasteiger partial charge is 0.0261 e. The van der Waals surface area contributed by atoms with Gasteiger partial charge in [-0.15, -0.1) is 0 Å². The van der Waals surface area contributed by atoms with Gasteiger partial charge in [-0.2, -0.15) is 0 Å². The van der Waals surface area contributed by atoms with Crippen molar-refractivity contribution < 1.29 is 0 Å². The molecule has 5 atom stereocenters. The van der Waals surface area contributed by atoms with E-state index in [1.165, 1.54) is 19.3 Å². The van der Waals surface area contributed by atoms with Crippen LogP contribution in [0.1, 0.15) is 81.6 Å². The topological polar surface area (TPSA) is 0 Å². The van der Waals surface area contributed by atoms with Gasteiger partial charge < -0.3 is 0 Å². The van der Waals surface area contributed by atoms with Crippen molar-refractivity contribution in [2.75, 3.05) is 0 Å². The normalized spacial score (nSPS) is 42.0. The first-order valence-corrected chi connectivity index (χ1v) is 8.91. The first-order valence-electron chi connectivity index (χ1n) is 8.91. The summed E-state index contributed by atoms with van der Waals surface area (Å²) in [6, 6.07) is 0. The van der Waals surface area contributed by atoms with E-state index < -0.39 is 0 Å². The highest BCUT2D eigenvalue weighted by Crippen LogP contribution is 2.67. The Labute approximate surface area is 128 Å². The lowest BCUT2D eigenvalue weighted by Gasteiger charge is -2.66. The predicted molar refractivity (Wildman–Crippen MR) is 89.7 cm³/mol. The molecule has 0 aromatic heterocycles. The van der Waals surface area contributed by atoms with Gasteiger partial charge in [-0.05, 0) is 65.1 Å². The number of rotatable bonds is 3. The monoisotopic (exact) mass is 278 g/mol. The Balaban J connectivity index is 2.20. The van der Waals surface area contributed by atoms with Crippen molar-refractivity contribution in [3.05, 3.63) is 0 Å². The summed E-state index contributed by atoms with van der Waals surface area (Å²) in [5, 5.41) is 0. The summed E-state index contributed by atoms with van der Waals surface area (Å²) >= 11 is 0. The SMILES string of the molecule is CC(C)C(C1CCC1(C)C)C1(C)CC(C(C)(C)C)C1C. The van der Waals surface area contributed by atoms with Crippen LogP contribution in [0.25, 0.3) is 0 Å². The molecule has 0 spiro atoms. The fraction of sp³-hybridized carbons (Fsp3) is 1.00. The molecule has 0 saturated heterocycles. The Morgan fingerprint density at radius 2 is 1.60 bits per heavy atom. The molecule has 2 aliphatic rings. The molecule has 0 bridgehead atoms. The minimum absolute atomic E-state index is 0.482. The Morgan fingerprint density at radius 1 is 1.05 bits per heavy atom. The van der Waals surface area contributed by atoms with Crippen molar-refractivity contribution in [3.63, 3.8) is 0 Å². The van der Waals surface area contributed by atoms with Crippen LogP contribution in [0.2, 0.25) is 0 Å². The average Bonchev–Trinajstić information content (AvgIpc) is 2.28. The molecule has 2 rings (SSSR count). The van der Waals surface area contributed by atoms with Gasteiger partial charge in [-0.3, -0.25) is 0 Å².